The number of rotatable bonds is 3. The second-order valence-electron chi connectivity index (χ2n) is 6.48. The number of amides is 2. The van der Waals surface area contributed by atoms with Crippen molar-refractivity contribution in [1.29, 1.82) is 0 Å². The van der Waals surface area contributed by atoms with Gasteiger partial charge in [0.1, 0.15) is 0 Å². The molecule has 1 atom stereocenters. The first-order valence-corrected chi connectivity index (χ1v) is 8.20. The summed E-state index contributed by atoms with van der Waals surface area (Å²) in [6, 6.07) is 13.6. The molecule has 2 aromatic rings. The van der Waals surface area contributed by atoms with Crippen LogP contribution in [0.2, 0.25) is 0 Å². The molecule has 0 bridgehead atoms. The first kappa shape index (κ1) is 16.2. The van der Waals surface area contributed by atoms with Crippen molar-refractivity contribution in [1.82, 2.24) is 0 Å². The first-order chi connectivity index (χ1) is 11.5. The van der Waals surface area contributed by atoms with E-state index in [1.54, 1.807) is 4.90 Å². The van der Waals surface area contributed by atoms with Crippen molar-refractivity contribution in [3.05, 3.63) is 59.2 Å². The Labute approximate surface area is 142 Å². The maximum atomic E-state index is 12.5. The molecule has 24 heavy (non-hydrogen) atoms. The number of nitrogens with one attached hydrogen (secondary N) is 1. The summed E-state index contributed by atoms with van der Waals surface area (Å²) in [7, 11) is 0. The maximum absolute atomic E-state index is 12.5. The van der Waals surface area contributed by atoms with Gasteiger partial charge in [-0.1, -0.05) is 24.3 Å². The molecule has 1 N–H and O–H groups in total. The highest BCUT2D eigenvalue weighted by atomic mass is 16.2. The number of nitrogens with zero attached hydrogens (tertiary/aromatic N) is 1. The van der Waals surface area contributed by atoms with Gasteiger partial charge in [-0.15, -0.1) is 0 Å². The minimum absolute atomic E-state index is 0.00749. The molecule has 1 aliphatic rings. The number of carbonyl (C=O) groups excluding carboxylic acids is 2. The lowest BCUT2D eigenvalue weighted by Gasteiger charge is -2.20. The maximum Gasteiger partial charge on any atom is 0.229 e. The average molecular weight is 322 g/mol. The molecule has 3 rings (SSSR count). The van der Waals surface area contributed by atoms with Crippen LogP contribution in [0.25, 0.3) is 0 Å². The minimum Gasteiger partial charge on any atom is -0.326 e. The Morgan fingerprint density at radius 3 is 2.62 bits per heavy atom. The van der Waals surface area contributed by atoms with Gasteiger partial charge in [0.25, 0.3) is 0 Å². The molecule has 4 nitrogen and oxygen atoms in total. The Morgan fingerprint density at radius 1 is 1.12 bits per heavy atom. The van der Waals surface area contributed by atoms with E-state index < -0.39 is 0 Å². The Hall–Kier alpha value is -2.62. The van der Waals surface area contributed by atoms with Crippen molar-refractivity contribution >= 4 is 23.2 Å². The summed E-state index contributed by atoms with van der Waals surface area (Å²) in [4.78, 5) is 26.7. The van der Waals surface area contributed by atoms with Crippen LogP contribution >= 0.6 is 0 Å². The van der Waals surface area contributed by atoms with Crippen LogP contribution in [0.3, 0.4) is 0 Å². The van der Waals surface area contributed by atoms with Gasteiger partial charge in [-0.3, -0.25) is 9.59 Å². The molecule has 0 saturated carbocycles. The molecule has 2 aromatic carbocycles. The van der Waals surface area contributed by atoms with E-state index in [2.05, 4.69) is 5.32 Å². The second-order valence-corrected chi connectivity index (χ2v) is 6.48. The highest BCUT2D eigenvalue weighted by Gasteiger charge is 2.35. The third-order valence-corrected chi connectivity index (χ3v) is 4.65. The van der Waals surface area contributed by atoms with Crippen molar-refractivity contribution in [2.45, 2.75) is 27.2 Å². The summed E-state index contributed by atoms with van der Waals surface area (Å²) < 4.78 is 0. The molecule has 0 radical (unpaired) electrons. The highest BCUT2D eigenvalue weighted by molar-refractivity contribution is 6.03. The second kappa shape index (κ2) is 6.48. The summed E-state index contributed by atoms with van der Waals surface area (Å²) in [6.45, 7) is 6.46. The Bertz CT molecular complexity index is 798. The van der Waals surface area contributed by atoms with Crippen molar-refractivity contribution in [2.75, 3.05) is 16.8 Å². The highest BCUT2D eigenvalue weighted by Crippen LogP contribution is 2.30. The summed E-state index contributed by atoms with van der Waals surface area (Å²) in [5, 5.41) is 2.93. The Balaban J connectivity index is 1.74. The van der Waals surface area contributed by atoms with Gasteiger partial charge < -0.3 is 10.2 Å². The molecular weight excluding hydrogens is 300 g/mol. The van der Waals surface area contributed by atoms with Crippen LogP contribution < -0.4 is 10.2 Å². The van der Waals surface area contributed by atoms with Crippen molar-refractivity contribution in [3.8, 4) is 0 Å². The molecule has 0 unspecified atom stereocenters. The van der Waals surface area contributed by atoms with Gasteiger partial charge in [0.15, 0.2) is 0 Å². The SMILES string of the molecule is Cc1cccc(NC(=O)[C@@H]2CC(=O)N(c3cccc(C)c3C)C2)c1. The van der Waals surface area contributed by atoms with E-state index in [1.165, 1.54) is 0 Å². The van der Waals surface area contributed by atoms with Gasteiger partial charge >= 0.3 is 0 Å². The molecule has 1 saturated heterocycles. The number of hydrogen-bond acceptors (Lipinski definition) is 2. The lowest BCUT2D eigenvalue weighted by atomic mass is 10.1. The molecular formula is C20H22N2O2. The number of carbonyl (C=O) groups is 2. The van der Waals surface area contributed by atoms with Gasteiger partial charge in [0, 0.05) is 24.3 Å². The largest absolute Gasteiger partial charge is 0.326 e. The zero-order valence-electron chi connectivity index (χ0n) is 14.3. The summed E-state index contributed by atoms with van der Waals surface area (Å²) in [5.74, 6) is -0.409. The molecule has 0 aliphatic carbocycles. The van der Waals surface area contributed by atoms with Crippen molar-refractivity contribution in [3.63, 3.8) is 0 Å². The molecule has 1 heterocycles. The third-order valence-electron chi connectivity index (χ3n) is 4.65. The lowest BCUT2D eigenvalue weighted by molar-refractivity contribution is -0.122. The summed E-state index contributed by atoms with van der Waals surface area (Å²) in [5.41, 5.74) is 5.01. The molecule has 2 amide bonds. The van der Waals surface area contributed by atoms with E-state index >= 15 is 0 Å². The van der Waals surface area contributed by atoms with Crippen molar-refractivity contribution in [2.24, 2.45) is 5.92 Å². The van der Waals surface area contributed by atoms with Gasteiger partial charge in [-0.25, -0.2) is 0 Å². The quantitative estimate of drug-likeness (QED) is 0.938. The Morgan fingerprint density at radius 2 is 1.88 bits per heavy atom. The number of benzene rings is 2. The topological polar surface area (TPSA) is 49.4 Å². The molecule has 0 spiro atoms. The molecule has 124 valence electrons. The first-order valence-electron chi connectivity index (χ1n) is 8.20. The predicted octanol–water partition coefficient (Wildman–Crippen LogP) is 3.60. The van der Waals surface area contributed by atoms with Gasteiger partial charge in [-0.05, 0) is 55.7 Å². The van der Waals surface area contributed by atoms with Crippen LogP contribution in [-0.2, 0) is 9.59 Å². The zero-order chi connectivity index (χ0) is 17.3. The van der Waals surface area contributed by atoms with Gasteiger partial charge in [-0.2, -0.15) is 0 Å². The van der Waals surface area contributed by atoms with Crippen LogP contribution in [0.4, 0.5) is 11.4 Å². The van der Waals surface area contributed by atoms with E-state index in [0.717, 1.165) is 28.1 Å². The van der Waals surface area contributed by atoms with E-state index in [0.29, 0.717) is 6.54 Å². The smallest absolute Gasteiger partial charge is 0.229 e. The fourth-order valence-corrected chi connectivity index (χ4v) is 3.11. The number of aryl methyl sites for hydroxylation is 2. The summed E-state index contributed by atoms with van der Waals surface area (Å²) in [6.07, 6.45) is 0.255. The molecule has 0 aromatic heterocycles. The fraction of sp³-hybridized carbons (Fsp3) is 0.300. The minimum atomic E-state index is -0.321. The van der Waals surface area contributed by atoms with Crippen LogP contribution in [0.5, 0.6) is 0 Å². The lowest BCUT2D eigenvalue weighted by Crippen LogP contribution is -2.28. The zero-order valence-corrected chi connectivity index (χ0v) is 14.3. The van der Waals surface area contributed by atoms with Crippen LogP contribution in [0.15, 0.2) is 42.5 Å². The molecule has 1 fully saturated rings. The van der Waals surface area contributed by atoms with E-state index in [1.807, 2.05) is 63.2 Å². The van der Waals surface area contributed by atoms with Crippen molar-refractivity contribution < 1.29 is 9.59 Å². The van der Waals surface area contributed by atoms with Crippen LogP contribution in [0, 0.1) is 26.7 Å². The predicted molar refractivity (Wildman–Crippen MR) is 96.2 cm³/mol. The number of hydrogen-bond donors (Lipinski definition) is 1. The van der Waals surface area contributed by atoms with E-state index in [-0.39, 0.29) is 24.2 Å². The molecule has 4 heteroatoms. The van der Waals surface area contributed by atoms with Gasteiger partial charge in [0.05, 0.1) is 5.92 Å². The average Bonchev–Trinajstić information content (AvgIpc) is 2.92. The fourth-order valence-electron chi connectivity index (χ4n) is 3.11. The standard InChI is InChI=1S/C20H22N2O2/c1-13-6-4-8-17(10-13)21-20(24)16-11-19(23)22(12-16)18-9-5-7-14(2)15(18)3/h4-10,16H,11-12H2,1-3H3,(H,21,24)/t16-/m1/s1. The van der Waals surface area contributed by atoms with Crippen LogP contribution in [0.1, 0.15) is 23.1 Å². The van der Waals surface area contributed by atoms with E-state index in [4.69, 9.17) is 0 Å². The van der Waals surface area contributed by atoms with Gasteiger partial charge in [0.2, 0.25) is 11.8 Å². The molecule has 1 aliphatic heterocycles. The van der Waals surface area contributed by atoms with E-state index in [9.17, 15) is 9.59 Å². The normalized spacial score (nSPS) is 17.2. The van der Waals surface area contributed by atoms with Crippen LogP contribution in [-0.4, -0.2) is 18.4 Å². The summed E-state index contributed by atoms with van der Waals surface area (Å²) >= 11 is 0. The Kier molecular flexibility index (Phi) is 4.38. The monoisotopic (exact) mass is 322 g/mol. The third kappa shape index (κ3) is 3.18. The number of anilines is 2.